The standard InChI is InChI=1S/C19H13NO8S2/c21-15(22)8-12(18(26)27)20-16(23)14(30-19(20)29)7-11-5-6-13(28-11)9-1-3-10(4-2-9)17(24)25/h1-7,12H,8H2,(H,21,22)(H,24,25)(H,26,27)/b14-7-/t12-/m0/s1. The van der Waals surface area contributed by atoms with Crippen molar-refractivity contribution < 1.29 is 38.9 Å². The highest BCUT2D eigenvalue weighted by molar-refractivity contribution is 8.26. The summed E-state index contributed by atoms with van der Waals surface area (Å²) in [6, 6.07) is 7.62. The Balaban J connectivity index is 1.83. The lowest BCUT2D eigenvalue weighted by Gasteiger charge is -2.21. The van der Waals surface area contributed by atoms with Crippen molar-refractivity contribution in [2.24, 2.45) is 0 Å². The van der Waals surface area contributed by atoms with E-state index < -0.39 is 36.3 Å². The van der Waals surface area contributed by atoms with Crippen molar-refractivity contribution >= 4 is 58.2 Å². The molecule has 1 amide bonds. The van der Waals surface area contributed by atoms with Crippen molar-refractivity contribution in [3.8, 4) is 11.3 Å². The van der Waals surface area contributed by atoms with E-state index in [1.54, 1.807) is 24.3 Å². The Hall–Kier alpha value is -3.44. The van der Waals surface area contributed by atoms with Gasteiger partial charge in [0.25, 0.3) is 5.91 Å². The second-order valence-electron chi connectivity index (χ2n) is 6.09. The van der Waals surface area contributed by atoms with Gasteiger partial charge in [0.15, 0.2) is 0 Å². The zero-order valence-corrected chi connectivity index (χ0v) is 16.6. The summed E-state index contributed by atoms with van der Waals surface area (Å²) < 4.78 is 5.60. The van der Waals surface area contributed by atoms with E-state index in [9.17, 15) is 24.3 Å². The smallest absolute Gasteiger partial charge is 0.335 e. The van der Waals surface area contributed by atoms with Crippen molar-refractivity contribution in [2.75, 3.05) is 0 Å². The quantitative estimate of drug-likeness (QED) is 0.428. The van der Waals surface area contributed by atoms with Gasteiger partial charge in [-0.25, -0.2) is 9.59 Å². The van der Waals surface area contributed by atoms with Crippen LogP contribution in [0.5, 0.6) is 0 Å². The van der Waals surface area contributed by atoms with Crippen LogP contribution in [-0.4, -0.2) is 54.4 Å². The molecule has 0 unspecified atom stereocenters. The van der Waals surface area contributed by atoms with Gasteiger partial charge < -0.3 is 19.7 Å². The first-order valence-corrected chi connectivity index (χ1v) is 9.55. The van der Waals surface area contributed by atoms with E-state index in [1.165, 1.54) is 18.2 Å². The van der Waals surface area contributed by atoms with Gasteiger partial charge in [0.2, 0.25) is 0 Å². The lowest BCUT2D eigenvalue weighted by atomic mass is 10.1. The molecule has 3 rings (SSSR count). The third kappa shape index (κ3) is 4.42. The largest absolute Gasteiger partial charge is 0.481 e. The predicted molar refractivity (Wildman–Crippen MR) is 110 cm³/mol. The van der Waals surface area contributed by atoms with E-state index in [2.05, 4.69) is 0 Å². The van der Waals surface area contributed by atoms with Crippen LogP contribution in [0.1, 0.15) is 22.5 Å². The van der Waals surface area contributed by atoms with Gasteiger partial charge >= 0.3 is 17.9 Å². The van der Waals surface area contributed by atoms with E-state index in [0.29, 0.717) is 11.3 Å². The fourth-order valence-corrected chi connectivity index (χ4v) is 4.03. The molecule has 0 aliphatic carbocycles. The number of carboxylic acid groups (broad SMARTS) is 3. The average molecular weight is 447 g/mol. The minimum Gasteiger partial charge on any atom is -0.481 e. The number of amides is 1. The first kappa shape index (κ1) is 21.3. The molecule has 2 heterocycles. The Labute approximate surface area is 178 Å². The van der Waals surface area contributed by atoms with Gasteiger partial charge in [-0.3, -0.25) is 14.5 Å². The van der Waals surface area contributed by atoms with Gasteiger partial charge in [0.1, 0.15) is 21.9 Å². The van der Waals surface area contributed by atoms with E-state index in [-0.39, 0.29) is 20.5 Å². The highest BCUT2D eigenvalue weighted by Gasteiger charge is 2.41. The third-order valence-corrected chi connectivity index (χ3v) is 5.44. The lowest BCUT2D eigenvalue weighted by Crippen LogP contribution is -2.45. The molecule has 1 aromatic carbocycles. The van der Waals surface area contributed by atoms with Gasteiger partial charge in [0.05, 0.1) is 16.9 Å². The number of thioether (sulfide) groups is 1. The van der Waals surface area contributed by atoms with Crippen LogP contribution >= 0.6 is 24.0 Å². The number of nitrogens with zero attached hydrogens (tertiary/aromatic N) is 1. The van der Waals surface area contributed by atoms with E-state index in [4.69, 9.17) is 26.8 Å². The normalized spacial score (nSPS) is 16.1. The fraction of sp³-hybridized carbons (Fsp3) is 0.105. The van der Waals surface area contributed by atoms with Gasteiger partial charge in [-0.05, 0) is 24.3 Å². The number of benzene rings is 1. The van der Waals surface area contributed by atoms with E-state index in [0.717, 1.165) is 16.7 Å². The first-order chi connectivity index (χ1) is 14.2. The zero-order valence-electron chi connectivity index (χ0n) is 15.0. The van der Waals surface area contributed by atoms with Crippen molar-refractivity contribution in [3.63, 3.8) is 0 Å². The Kier molecular flexibility index (Phi) is 6.04. The Morgan fingerprint density at radius 2 is 1.77 bits per heavy atom. The van der Waals surface area contributed by atoms with Crippen LogP contribution in [-0.2, 0) is 14.4 Å². The maximum absolute atomic E-state index is 12.6. The maximum atomic E-state index is 12.6. The highest BCUT2D eigenvalue weighted by atomic mass is 32.2. The third-order valence-electron chi connectivity index (χ3n) is 4.10. The number of rotatable bonds is 7. The van der Waals surface area contributed by atoms with Gasteiger partial charge in [-0.2, -0.15) is 0 Å². The van der Waals surface area contributed by atoms with Crippen molar-refractivity contribution in [1.29, 1.82) is 0 Å². The molecule has 0 saturated carbocycles. The Bertz CT molecular complexity index is 1090. The number of hydrogen-bond donors (Lipinski definition) is 3. The molecule has 1 fully saturated rings. The fourth-order valence-electron chi connectivity index (χ4n) is 2.69. The molecule has 30 heavy (non-hydrogen) atoms. The number of carboxylic acids is 3. The summed E-state index contributed by atoms with van der Waals surface area (Å²) >= 11 is 5.91. The Morgan fingerprint density at radius 3 is 2.33 bits per heavy atom. The van der Waals surface area contributed by atoms with E-state index >= 15 is 0 Å². The predicted octanol–water partition coefficient (Wildman–Crippen LogP) is 2.77. The van der Waals surface area contributed by atoms with Crippen LogP contribution < -0.4 is 0 Å². The van der Waals surface area contributed by atoms with Gasteiger partial charge in [0, 0.05) is 11.6 Å². The number of carbonyl (C=O) groups excluding carboxylic acids is 1. The van der Waals surface area contributed by atoms with Crippen molar-refractivity contribution in [3.05, 3.63) is 52.6 Å². The second-order valence-corrected chi connectivity index (χ2v) is 7.76. The zero-order chi connectivity index (χ0) is 22.0. The minimum atomic E-state index is -1.61. The van der Waals surface area contributed by atoms with Crippen LogP contribution in [0, 0.1) is 0 Å². The Morgan fingerprint density at radius 1 is 1.10 bits per heavy atom. The maximum Gasteiger partial charge on any atom is 0.335 e. The number of carbonyl (C=O) groups is 4. The first-order valence-electron chi connectivity index (χ1n) is 8.32. The highest BCUT2D eigenvalue weighted by Crippen LogP contribution is 2.35. The molecule has 9 nitrogen and oxygen atoms in total. The molecule has 1 aromatic heterocycles. The van der Waals surface area contributed by atoms with Crippen LogP contribution in [0.15, 0.2) is 45.7 Å². The average Bonchev–Trinajstić information content (AvgIpc) is 3.25. The summed E-state index contributed by atoms with van der Waals surface area (Å²) in [5.74, 6) is -3.89. The minimum absolute atomic E-state index is 0.0593. The van der Waals surface area contributed by atoms with Crippen LogP contribution in [0.3, 0.4) is 0 Å². The molecule has 2 aromatic rings. The second kappa shape index (κ2) is 8.51. The summed E-state index contributed by atoms with van der Waals surface area (Å²) in [7, 11) is 0. The molecule has 0 radical (unpaired) electrons. The van der Waals surface area contributed by atoms with Crippen molar-refractivity contribution in [1.82, 2.24) is 4.90 Å². The summed E-state index contributed by atoms with van der Waals surface area (Å²) in [5.41, 5.74) is 0.753. The van der Waals surface area contributed by atoms with Gasteiger partial charge in [-0.1, -0.05) is 36.1 Å². The monoisotopic (exact) mass is 447 g/mol. The summed E-state index contributed by atoms with van der Waals surface area (Å²) in [4.78, 5) is 46.8. The summed E-state index contributed by atoms with van der Waals surface area (Å²) in [6.45, 7) is 0. The van der Waals surface area contributed by atoms with Gasteiger partial charge in [-0.15, -0.1) is 0 Å². The molecule has 0 spiro atoms. The number of hydrogen-bond acceptors (Lipinski definition) is 7. The molecule has 3 N–H and O–H groups in total. The molecule has 1 aliphatic rings. The lowest BCUT2D eigenvalue weighted by molar-refractivity contribution is -0.150. The molecule has 1 saturated heterocycles. The number of aliphatic carboxylic acids is 2. The summed E-state index contributed by atoms with van der Waals surface area (Å²) in [6.07, 6.45) is 0.598. The molecular weight excluding hydrogens is 434 g/mol. The molecule has 0 bridgehead atoms. The molecular formula is C19H13NO8S2. The number of aromatic carboxylic acids is 1. The summed E-state index contributed by atoms with van der Waals surface area (Å²) in [5, 5.41) is 27.1. The van der Waals surface area contributed by atoms with Crippen LogP contribution in [0.25, 0.3) is 17.4 Å². The van der Waals surface area contributed by atoms with Crippen LogP contribution in [0.4, 0.5) is 0 Å². The number of furan rings is 1. The van der Waals surface area contributed by atoms with Crippen LogP contribution in [0.2, 0.25) is 0 Å². The topological polar surface area (TPSA) is 145 Å². The SMILES string of the molecule is O=C(O)C[C@@H](C(=O)O)N1C(=O)/C(=C/c2ccc(-c3ccc(C(=O)O)cc3)o2)SC1=S. The molecule has 1 atom stereocenters. The van der Waals surface area contributed by atoms with E-state index in [1.807, 2.05) is 0 Å². The number of thiocarbonyl (C=S) groups is 1. The molecule has 154 valence electrons. The van der Waals surface area contributed by atoms with Crippen molar-refractivity contribution in [2.45, 2.75) is 12.5 Å². The molecule has 1 aliphatic heterocycles. The molecule has 11 heteroatoms.